The van der Waals surface area contributed by atoms with Crippen LogP contribution in [-0.4, -0.2) is 11.1 Å². The number of amides is 1. The summed E-state index contributed by atoms with van der Waals surface area (Å²) in [6.07, 6.45) is 7.89. The molecule has 1 saturated carbocycles. The number of carbonyl (C=O) groups is 1. The molecule has 1 aromatic heterocycles. The predicted molar refractivity (Wildman–Crippen MR) is 95.2 cm³/mol. The second-order valence-corrected chi connectivity index (χ2v) is 6.91. The Balaban J connectivity index is 1.58. The van der Waals surface area contributed by atoms with Gasteiger partial charge in [-0.15, -0.1) is 0 Å². The maximum atomic E-state index is 12.2. The van der Waals surface area contributed by atoms with E-state index in [4.69, 9.17) is 4.52 Å². The second-order valence-electron chi connectivity index (χ2n) is 6.91. The smallest absolute Gasteiger partial charge is 0.256 e. The van der Waals surface area contributed by atoms with Gasteiger partial charge in [0.05, 0.1) is 0 Å². The first-order valence-corrected chi connectivity index (χ1v) is 9.00. The Morgan fingerprint density at radius 3 is 2.50 bits per heavy atom. The van der Waals surface area contributed by atoms with Gasteiger partial charge in [-0.2, -0.15) is 0 Å². The van der Waals surface area contributed by atoms with Crippen molar-refractivity contribution in [2.45, 2.75) is 58.3 Å². The molecule has 0 aliphatic heterocycles. The van der Waals surface area contributed by atoms with E-state index in [0.29, 0.717) is 23.1 Å². The Hall–Kier alpha value is -2.10. The fourth-order valence-corrected chi connectivity index (χ4v) is 3.71. The normalized spacial score (nSPS) is 20.8. The molecule has 1 N–H and O–H groups in total. The zero-order valence-electron chi connectivity index (χ0n) is 14.5. The molecular weight excluding hydrogens is 300 g/mol. The van der Waals surface area contributed by atoms with Crippen LogP contribution in [0.15, 0.2) is 34.9 Å². The third-order valence-corrected chi connectivity index (χ3v) is 5.06. The number of nitrogens with one attached hydrogen (secondary N) is 1. The van der Waals surface area contributed by atoms with Crippen LogP contribution in [0, 0.1) is 12.8 Å². The van der Waals surface area contributed by atoms with E-state index in [-0.39, 0.29) is 5.91 Å². The largest absolute Gasteiger partial charge is 0.360 e. The molecule has 4 nitrogen and oxygen atoms in total. The molecule has 4 heteroatoms. The van der Waals surface area contributed by atoms with E-state index >= 15 is 0 Å². The molecule has 1 amide bonds. The fourth-order valence-electron chi connectivity index (χ4n) is 3.71. The van der Waals surface area contributed by atoms with Crippen molar-refractivity contribution < 1.29 is 9.32 Å². The zero-order chi connectivity index (χ0) is 16.9. The standard InChI is InChI=1S/C20H26N2O2/c1-3-4-15-5-7-16(8-6-15)17-9-11-18(12-10-17)20(23)21-19-13-14(2)24-22-19/h9-13,15-16H,3-8H2,1-2H3,(H,21,22,23). The van der Waals surface area contributed by atoms with Crippen LogP contribution >= 0.6 is 0 Å². The van der Waals surface area contributed by atoms with Crippen molar-refractivity contribution in [2.75, 3.05) is 5.32 Å². The van der Waals surface area contributed by atoms with Gasteiger partial charge in [0.25, 0.3) is 5.91 Å². The molecule has 0 atom stereocenters. The molecule has 0 unspecified atom stereocenters. The number of hydrogen-bond donors (Lipinski definition) is 1. The van der Waals surface area contributed by atoms with Gasteiger partial charge in [0, 0.05) is 11.6 Å². The first kappa shape index (κ1) is 16.7. The number of carbonyl (C=O) groups excluding carboxylic acids is 1. The second kappa shape index (κ2) is 7.65. The quantitative estimate of drug-likeness (QED) is 0.810. The monoisotopic (exact) mass is 326 g/mol. The maximum Gasteiger partial charge on any atom is 0.256 e. The summed E-state index contributed by atoms with van der Waals surface area (Å²) in [6.45, 7) is 4.07. The van der Waals surface area contributed by atoms with Gasteiger partial charge in [-0.05, 0) is 62.1 Å². The van der Waals surface area contributed by atoms with Crippen LogP contribution in [0.25, 0.3) is 0 Å². The lowest BCUT2D eigenvalue weighted by Crippen LogP contribution is -2.14. The minimum atomic E-state index is -0.151. The summed E-state index contributed by atoms with van der Waals surface area (Å²) in [5.41, 5.74) is 2.01. The molecule has 3 rings (SSSR count). The molecule has 0 saturated heterocycles. The van der Waals surface area contributed by atoms with Crippen LogP contribution in [0.2, 0.25) is 0 Å². The number of nitrogens with zero attached hydrogens (tertiary/aromatic N) is 1. The zero-order valence-corrected chi connectivity index (χ0v) is 14.5. The van der Waals surface area contributed by atoms with E-state index in [0.717, 1.165) is 5.92 Å². The summed E-state index contributed by atoms with van der Waals surface area (Å²) in [6, 6.07) is 9.74. The number of hydrogen-bond acceptors (Lipinski definition) is 3. The summed E-state index contributed by atoms with van der Waals surface area (Å²) in [5.74, 6) is 2.55. The van der Waals surface area contributed by atoms with Gasteiger partial charge >= 0.3 is 0 Å². The highest BCUT2D eigenvalue weighted by Gasteiger charge is 2.22. The molecule has 0 bridgehead atoms. The van der Waals surface area contributed by atoms with Gasteiger partial charge in [-0.1, -0.05) is 37.1 Å². The number of aryl methyl sites for hydroxylation is 1. The van der Waals surface area contributed by atoms with Gasteiger partial charge in [-0.25, -0.2) is 0 Å². The minimum absolute atomic E-state index is 0.151. The van der Waals surface area contributed by atoms with Gasteiger partial charge in [0.2, 0.25) is 0 Å². The molecule has 1 fully saturated rings. The van der Waals surface area contributed by atoms with Crippen LogP contribution < -0.4 is 5.32 Å². The number of benzene rings is 1. The molecule has 1 aliphatic carbocycles. The van der Waals surface area contributed by atoms with E-state index in [1.54, 1.807) is 13.0 Å². The highest BCUT2D eigenvalue weighted by atomic mass is 16.5. The molecule has 0 spiro atoms. The molecule has 24 heavy (non-hydrogen) atoms. The van der Waals surface area contributed by atoms with Gasteiger partial charge < -0.3 is 9.84 Å². The Labute approximate surface area is 143 Å². The molecule has 128 valence electrons. The van der Waals surface area contributed by atoms with Crippen molar-refractivity contribution in [2.24, 2.45) is 5.92 Å². The highest BCUT2D eigenvalue weighted by Crippen LogP contribution is 2.37. The van der Waals surface area contributed by atoms with E-state index < -0.39 is 0 Å². The van der Waals surface area contributed by atoms with Gasteiger partial charge in [-0.3, -0.25) is 4.79 Å². The molecular formula is C20H26N2O2. The molecule has 0 radical (unpaired) electrons. The van der Waals surface area contributed by atoms with E-state index in [1.807, 2.05) is 12.1 Å². The maximum absolute atomic E-state index is 12.2. The topological polar surface area (TPSA) is 55.1 Å². The summed E-state index contributed by atoms with van der Waals surface area (Å²) in [5, 5.41) is 6.54. The summed E-state index contributed by atoms with van der Waals surface area (Å²) >= 11 is 0. The average Bonchev–Trinajstić information content (AvgIpc) is 3.01. The van der Waals surface area contributed by atoms with Crippen molar-refractivity contribution in [1.29, 1.82) is 0 Å². The molecule has 1 aliphatic rings. The van der Waals surface area contributed by atoms with Crippen LogP contribution in [0.4, 0.5) is 5.82 Å². The lowest BCUT2D eigenvalue weighted by atomic mass is 9.77. The summed E-state index contributed by atoms with van der Waals surface area (Å²) in [7, 11) is 0. The number of anilines is 1. The van der Waals surface area contributed by atoms with Crippen LogP contribution in [-0.2, 0) is 0 Å². The highest BCUT2D eigenvalue weighted by molar-refractivity contribution is 6.03. The van der Waals surface area contributed by atoms with E-state index in [1.165, 1.54) is 44.1 Å². The number of rotatable bonds is 5. The third-order valence-electron chi connectivity index (χ3n) is 5.06. The Morgan fingerprint density at radius 1 is 1.21 bits per heavy atom. The van der Waals surface area contributed by atoms with Gasteiger partial charge in [0.1, 0.15) is 5.76 Å². The lowest BCUT2D eigenvalue weighted by Gasteiger charge is -2.28. The Morgan fingerprint density at radius 2 is 1.92 bits per heavy atom. The predicted octanol–water partition coefficient (Wildman–Crippen LogP) is 5.31. The Kier molecular flexibility index (Phi) is 5.34. The fraction of sp³-hybridized carbons (Fsp3) is 0.500. The van der Waals surface area contributed by atoms with Gasteiger partial charge in [0.15, 0.2) is 5.82 Å². The van der Waals surface area contributed by atoms with Crippen molar-refractivity contribution in [3.05, 3.63) is 47.2 Å². The first-order valence-electron chi connectivity index (χ1n) is 9.00. The SMILES string of the molecule is CCCC1CCC(c2ccc(C(=O)Nc3cc(C)on3)cc2)CC1. The van der Waals surface area contributed by atoms with Crippen molar-refractivity contribution >= 4 is 11.7 Å². The molecule has 1 aromatic carbocycles. The average molecular weight is 326 g/mol. The first-order chi connectivity index (χ1) is 11.7. The van der Waals surface area contributed by atoms with E-state index in [9.17, 15) is 4.79 Å². The van der Waals surface area contributed by atoms with Crippen LogP contribution in [0.3, 0.4) is 0 Å². The minimum Gasteiger partial charge on any atom is -0.360 e. The summed E-state index contributed by atoms with van der Waals surface area (Å²) < 4.78 is 4.96. The molecule has 1 heterocycles. The van der Waals surface area contributed by atoms with Crippen LogP contribution in [0.1, 0.15) is 73.0 Å². The third kappa shape index (κ3) is 4.05. The van der Waals surface area contributed by atoms with Crippen molar-refractivity contribution in [3.63, 3.8) is 0 Å². The number of aromatic nitrogens is 1. The van der Waals surface area contributed by atoms with Crippen molar-refractivity contribution in [3.8, 4) is 0 Å². The van der Waals surface area contributed by atoms with Crippen molar-refractivity contribution in [1.82, 2.24) is 5.16 Å². The van der Waals surface area contributed by atoms with Crippen LogP contribution in [0.5, 0.6) is 0 Å². The van der Waals surface area contributed by atoms with E-state index in [2.05, 4.69) is 29.5 Å². The molecule has 2 aromatic rings. The Bertz CT molecular complexity index is 667. The lowest BCUT2D eigenvalue weighted by molar-refractivity contribution is 0.102. The summed E-state index contributed by atoms with van der Waals surface area (Å²) in [4.78, 5) is 12.2.